The van der Waals surface area contributed by atoms with E-state index < -0.39 is 0 Å². The second-order valence-electron chi connectivity index (χ2n) is 4.42. The molecule has 17 heavy (non-hydrogen) atoms. The van der Waals surface area contributed by atoms with Gasteiger partial charge < -0.3 is 0 Å². The van der Waals surface area contributed by atoms with Crippen molar-refractivity contribution in [2.45, 2.75) is 12.8 Å². The predicted octanol–water partition coefficient (Wildman–Crippen LogP) is 1.76. The van der Waals surface area contributed by atoms with Gasteiger partial charge in [-0.1, -0.05) is 12.2 Å². The Hall–Kier alpha value is -1.97. The Bertz CT molecular complexity index is 493. The number of amides is 1. The number of aromatic nitrogens is 1. The number of hydrogen-bond donors (Lipinski definition) is 1. The van der Waals surface area contributed by atoms with E-state index in [4.69, 9.17) is 0 Å². The number of nitrogens with one attached hydrogen (secondary N) is 1. The van der Waals surface area contributed by atoms with Crippen molar-refractivity contribution >= 4 is 11.6 Å². The summed E-state index contributed by atoms with van der Waals surface area (Å²) in [6.45, 7) is 0. The number of pyridine rings is 1. The van der Waals surface area contributed by atoms with Crippen LogP contribution in [0, 0.1) is 11.8 Å². The van der Waals surface area contributed by atoms with Gasteiger partial charge >= 0.3 is 0 Å². The molecule has 2 aliphatic rings. The molecular formula is C13H13N3O. The van der Waals surface area contributed by atoms with Crippen LogP contribution in [0.1, 0.15) is 23.2 Å². The lowest BCUT2D eigenvalue weighted by molar-refractivity contribution is 0.0954. The maximum Gasteiger partial charge on any atom is 0.271 e. The van der Waals surface area contributed by atoms with E-state index in [-0.39, 0.29) is 5.91 Å². The van der Waals surface area contributed by atoms with Gasteiger partial charge in [0.15, 0.2) is 0 Å². The minimum atomic E-state index is -0.172. The van der Waals surface area contributed by atoms with E-state index in [1.807, 2.05) is 0 Å². The average Bonchev–Trinajstić information content (AvgIpc) is 2.72. The summed E-state index contributed by atoms with van der Waals surface area (Å²) in [7, 11) is 0. The average molecular weight is 227 g/mol. The minimum absolute atomic E-state index is 0.172. The van der Waals surface area contributed by atoms with Crippen molar-refractivity contribution in [2.75, 3.05) is 0 Å². The topological polar surface area (TPSA) is 54.4 Å². The van der Waals surface area contributed by atoms with E-state index in [2.05, 4.69) is 27.7 Å². The standard InChI is InChI=1S/C13H13N3O/c17-13(9-4-6-14-7-5-9)16-15-12-8-10-2-1-3-11(10)12/h1-2,4-7,10-11H,3,8H2,(H,16,17)/b15-12-. The third-order valence-electron chi connectivity index (χ3n) is 3.41. The van der Waals surface area contributed by atoms with Crippen LogP contribution in [0.4, 0.5) is 0 Å². The molecule has 0 spiro atoms. The molecule has 1 aromatic heterocycles. The number of carbonyl (C=O) groups is 1. The molecule has 1 saturated carbocycles. The molecule has 2 unspecified atom stereocenters. The minimum Gasteiger partial charge on any atom is -0.267 e. The van der Waals surface area contributed by atoms with Gasteiger partial charge in [0.05, 0.1) is 0 Å². The van der Waals surface area contributed by atoms with Crippen molar-refractivity contribution in [1.29, 1.82) is 0 Å². The number of nitrogens with zero attached hydrogens (tertiary/aromatic N) is 2. The van der Waals surface area contributed by atoms with Crippen LogP contribution in [-0.4, -0.2) is 16.6 Å². The smallest absolute Gasteiger partial charge is 0.267 e. The van der Waals surface area contributed by atoms with Crippen molar-refractivity contribution in [3.63, 3.8) is 0 Å². The van der Waals surface area contributed by atoms with Crippen LogP contribution in [0.5, 0.6) is 0 Å². The van der Waals surface area contributed by atoms with Crippen LogP contribution in [0.3, 0.4) is 0 Å². The van der Waals surface area contributed by atoms with E-state index in [0.29, 0.717) is 17.4 Å². The van der Waals surface area contributed by atoms with E-state index >= 15 is 0 Å². The van der Waals surface area contributed by atoms with Crippen molar-refractivity contribution < 1.29 is 4.79 Å². The van der Waals surface area contributed by atoms with Crippen LogP contribution >= 0.6 is 0 Å². The summed E-state index contributed by atoms with van der Waals surface area (Å²) in [4.78, 5) is 15.6. The molecule has 4 nitrogen and oxygen atoms in total. The summed E-state index contributed by atoms with van der Waals surface area (Å²) in [5.74, 6) is 1.02. The summed E-state index contributed by atoms with van der Waals surface area (Å²) >= 11 is 0. The number of allylic oxidation sites excluding steroid dienone is 2. The fraction of sp³-hybridized carbons (Fsp3) is 0.308. The molecule has 0 radical (unpaired) electrons. The van der Waals surface area contributed by atoms with Gasteiger partial charge in [0.2, 0.25) is 0 Å². The van der Waals surface area contributed by atoms with Crippen LogP contribution in [0.15, 0.2) is 41.8 Å². The number of hydrogen-bond acceptors (Lipinski definition) is 3. The quantitative estimate of drug-likeness (QED) is 0.618. The first kappa shape index (κ1) is 10.2. The van der Waals surface area contributed by atoms with Gasteiger partial charge in [-0.05, 0) is 30.9 Å². The summed E-state index contributed by atoms with van der Waals surface area (Å²) in [6, 6.07) is 3.35. The molecule has 1 N–H and O–H groups in total. The van der Waals surface area contributed by atoms with E-state index in [1.165, 1.54) is 0 Å². The molecule has 4 heteroatoms. The summed E-state index contributed by atoms with van der Waals surface area (Å²) < 4.78 is 0. The van der Waals surface area contributed by atoms with Crippen molar-refractivity contribution in [1.82, 2.24) is 10.4 Å². The fourth-order valence-electron chi connectivity index (χ4n) is 2.35. The summed E-state index contributed by atoms with van der Waals surface area (Å²) in [5.41, 5.74) is 4.31. The zero-order valence-electron chi connectivity index (χ0n) is 9.34. The third-order valence-corrected chi connectivity index (χ3v) is 3.41. The highest BCUT2D eigenvalue weighted by Crippen LogP contribution is 2.39. The van der Waals surface area contributed by atoms with Crippen LogP contribution in [-0.2, 0) is 0 Å². The number of fused-ring (bicyclic) bond motifs is 1. The second kappa shape index (κ2) is 4.13. The maximum atomic E-state index is 11.7. The number of rotatable bonds is 2. The predicted molar refractivity (Wildman–Crippen MR) is 64.5 cm³/mol. The zero-order valence-corrected chi connectivity index (χ0v) is 9.34. The molecule has 1 amide bonds. The van der Waals surface area contributed by atoms with Crippen molar-refractivity contribution in [2.24, 2.45) is 16.9 Å². The third kappa shape index (κ3) is 1.86. The lowest BCUT2D eigenvalue weighted by Crippen LogP contribution is -2.35. The molecule has 0 aromatic carbocycles. The molecule has 0 bridgehead atoms. The molecule has 0 saturated heterocycles. The fourth-order valence-corrected chi connectivity index (χ4v) is 2.35. The van der Waals surface area contributed by atoms with E-state index in [9.17, 15) is 4.79 Å². The van der Waals surface area contributed by atoms with Gasteiger partial charge in [0.25, 0.3) is 5.91 Å². The normalized spacial score (nSPS) is 27.6. The molecule has 3 rings (SSSR count). The second-order valence-corrected chi connectivity index (χ2v) is 4.42. The van der Waals surface area contributed by atoms with Gasteiger partial charge in [-0.3, -0.25) is 9.78 Å². The monoisotopic (exact) mass is 227 g/mol. The Morgan fingerprint density at radius 3 is 3.00 bits per heavy atom. The highest BCUT2D eigenvalue weighted by molar-refractivity contribution is 5.97. The SMILES string of the molecule is O=C(N/N=C1/CC2C=CCC12)c1ccncc1. The molecular weight excluding hydrogens is 214 g/mol. The van der Waals surface area contributed by atoms with Crippen LogP contribution in [0.2, 0.25) is 0 Å². The highest BCUT2D eigenvalue weighted by Gasteiger charge is 2.37. The van der Waals surface area contributed by atoms with Gasteiger partial charge in [-0.2, -0.15) is 5.10 Å². The van der Waals surface area contributed by atoms with Crippen molar-refractivity contribution in [3.05, 3.63) is 42.2 Å². The molecule has 0 aliphatic heterocycles. The van der Waals surface area contributed by atoms with Gasteiger partial charge in [-0.15, -0.1) is 0 Å². The van der Waals surface area contributed by atoms with Crippen LogP contribution in [0.25, 0.3) is 0 Å². The summed E-state index contributed by atoms with van der Waals surface area (Å²) in [5, 5.41) is 4.21. The Kier molecular flexibility index (Phi) is 2.48. The molecule has 2 aliphatic carbocycles. The largest absolute Gasteiger partial charge is 0.271 e. The van der Waals surface area contributed by atoms with Crippen LogP contribution < -0.4 is 5.43 Å². The Labute approximate surface area is 99.4 Å². The van der Waals surface area contributed by atoms with Gasteiger partial charge in [0.1, 0.15) is 0 Å². The Morgan fingerprint density at radius 2 is 2.24 bits per heavy atom. The first-order valence-corrected chi connectivity index (χ1v) is 5.78. The first-order valence-electron chi connectivity index (χ1n) is 5.78. The molecule has 2 atom stereocenters. The Balaban J connectivity index is 1.62. The Morgan fingerprint density at radius 1 is 1.41 bits per heavy atom. The lowest BCUT2D eigenvalue weighted by Gasteiger charge is -2.31. The molecule has 86 valence electrons. The number of carbonyl (C=O) groups excluding carboxylic acids is 1. The maximum absolute atomic E-state index is 11.7. The van der Waals surface area contributed by atoms with Crippen molar-refractivity contribution in [3.8, 4) is 0 Å². The highest BCUT2D eigenvalue weighted by atomic mass is 16.2. The zero-order chi connectivity index (χ0) is 11.7. The summed E-state index contributed by atoms with van der Waals surface area (Å²) in [6.07, 6.45) is 9.69. The lowest BCUT2D eigenvalue weighted by atomic mass is 9.74. The molecule has 1 heterocycles. The number of hydrazone groups is 1. The van der Waals surface area contributed by atoms with E-state index in [0.717, 1.165) is 18.6 Å². The van der Waals surface area contributed by atoms with Gasteiger partial charge in [0, 0.05) is 29.6 Å². The first-order chi connectivity index (χ1) is 8.34. The van der Waals surface area contributed by atoms with Gasteiger partial charge in [-0.25, -0.2) is 5.43 Å². The molecule has 1 fully saturated rings. The molecule has 1 aromatic rings. The van der Waals surface area contributed by atoms with E-state index in [1.54, 1.807) is 24.5 Å².